The molecule has 4 aromatic rings. The Hall–Kier alpha value is -8.18. The third-order valence-electron chi connectivity index (χ3n) is 8.72. The van der Waals surface area contributed by atoms with Gasteiger partial charge in [0.05, 0.1) is 33.4 Å². The number of nitrogens with zero attached hydrogens (tertiary/aromatic N) is 6. The predicted molar refractivity (Wildman–Crippen MR) is 172 cm³/mol. The van der Waals surface area contributed by atoms with Crippen molar-refractivity contribution in [2.24, 2.45) is 0 Å². The number of rotatable bonds is 4. The molecule has 0 heterocycles. The van der Waals surface area contributed by atoms with Gasteiger partial charge in [0.1, 0.15) is 59.2 Å². The average Bonchev–Trinajstić information content (AvgIpc) is 3.73. The number of halogens is 10. The number of hydrogen-bond donors (Lipinski definition) is 0. The summed E-state index contributed by atoms with van der Waals surface area (Å²) in [6, 6.07) is 13.1. The van der Waals surface area contributed by atoms with Gasteiger partial charge in [-0.3, -0.25) is 0 Å². The molecule has 0 radical (unpaired) electrons. The van der Waals surface area contributed by atoms with E-state index in [1.165, 1.54) is 12.1 Å². The van der Waals surface area contributed by atoms with Crippen LogP contribution in [0.25, 0.3) is 22.3 Å². The van der Waals surface area contributed by atoms with E-state index in [0.29, 0.717) is 12.1 Å². The first-order valence-electron chi connectivity index (χ1n) is 15.1. The smallest absolute Gasteiger partial charge is 0.180 e. The molecule has 0 N–H and O–H groups in total. The highest BCUT2D eigenvalue weighted by Crippen LogP contribution is 2.54. The monoisotopic (exact) mass is 762 g/mol. The number of nitriles is 6. The van der Waals surface area contributed by atoms with E-state index in [1.807, 2.05) is 0 Å². The zero-order valence-electron chi connectivity index (χ0n) is 27.1. The van der Waals surface area contributed by atoms with Crippen LogP contribution in [-0.2, 0) is 0 Å². The standard InChI is InChI=1S/C40H8F10N6/c41-27-5-15(1-3-17(27)9-51)19-7-21-22(29(19)23(11-53)31-37(47)33(43)25(13-55)34(44)38(31)48)8-20(16-2-4-18(10-52)28(42)6-16)30(21)24(12-54)32-39(49)35(45)26(14-56)36(46)40(32)50/h1-8H/b29-23-,30-24-. The van der Waals surface area contributed by atoms with E-state index in [-0.39, 0.29) is 11.1 Å². The van der Waals surface area contributed by atoms with E-state index in [0.717, 1.165) is 48.6 Å². The maximum absolute atomic E-state index is 15.6. The molecule has 2 aliphatic rings. The average molecular weight is 763 g/mol. The normalized spacial score (nSPS) is 14.7. The molecule has 2 aliphatic carbocycles. The summed E-state index contributed by atoms with van der Waals surface area (Å²) in [5, 5.41) is 57.5. The molecule has 268 valence electrons. The van der Waals surface area contributed by atoms with E-state index < -0.39 is 136 Å². The van der Waals surface area contributed by atoms with Gasteiger partial charge in [-0.2, -0.15) is 31.6 Å². The maximum Gasteiger partial charge on any atom is 0.180 e. The van der Waals surface area contributed by atoms with Crippen LogP contribution in [0.5, 0.6) is 0 Å². The van der Waals surface area contributed by atoms with Gasteiger partial charge in [0.25, 0.3) is 0 Å². The molecule has 0 aromatic heterocycles. The van der Waals surface area contributed by atoms with E-state index in [2.05, 4.69) is 0 Å². The van der Waals surface area contributed by atoms with Gasteiger partial charge in [0, 0.05) is 11.1 Å². The van der Waals surface area contributed by atoms with Crippen LogP contribution in [0.15, 0.2) is 70.8 Å². The molecule has 6 rings (SSSR count). The highest BCUT2D eigenvalue weighted by atomic mass is 19.2. The van der Waals surface area contributed by atoms with Gasteiger partial charge in [0.2, 0.25) is 0 Å². The van der Waals surface area contributed by atoms with Crippen molar-refractivity contribution >= 4 is 22.3 Å². The van der Waals surface area contributed by atoms with Crippen LogP contribution in [0, 0.1) is 126 Å². The molecule has 0 saturated carbocycles. The molecule has 0 aliphatic heterocycles. The highest BCUT2D eigenvalue weighted by Gasteiger charge is 2.39. The molecule has 56 heavy (non-hydrogen) atoms. The lowest BCUT2D eigenvalue weighted by atomic mass is 9.86. The second-order valence-corrected chi connectivity index (χ2v) is 11.5. The lowest BCUT2D eigenvalue weighted by Crippen LogP contribution is -2.08. The van der Waals surface area contributed by atoms with Crippen molar-refractivity contribution in [3.63, 3.8) is 0 Å². The Morgan fingerprint density at radius 2 is 0.732 bits per heavy atom. The fraction of sp³-hybridized carbons (Fsp3) is 0. The molecule has 0 saturated heterocycles. The second-order valence-electron chi connectivity index (χ2n) is 11.5. The molecule has 4 aromatic carbocycles. The quantitative estimate of drug-likeness (QED) is 0.115. The molecule has 0 spiro atoms. The first kappa shape index (κ1) is 37.6. The molecule has 0 bridgehead atoms. The Morgan fingerprint density at radius 3 is 0.982 bits per heavy atom. The number of allylic oxidation sites excluding steroid dienone is 10. The van der Waals surface area contributed by atoms with Crippen molar-refractivity contribution in [1.29, 1.82) is 31.6 Å². The molecular formula is C40H8F10N6. The number of hydrogen-bond acceptors (Lipinski definition) is 6. The molecule has 0 fully saturated rings. The van der Waals surface area contributed by atoms with E-state index in [4.69, 9.17) is 10.5 Å². The Balaban J connectivity index is 1.84. The third kappa shape index (κ3) is 5.46. The topological polar surface area (TPSA) is 143 Å². The summed E-state index contributed by atoms with van der Waals surface area (Å²) in [4.78, 5) is 0. The van der Waals surface area contributed by atoms with Gasteiger partial charge in [-0.15, -0.1) is 0 Å². The zero-order valence-corrected chi connectivity index (χ0v) is 27.1. The lowest BCUT2D eigenvalue weighted by Gasteiger charge is -2.16. The minimum Gasteiger partial charge on any atom is -0.206 e. The van der Waals surface area contributed by atoms with Crippen molar-refractivity contribution < 1.29 is 43.9 Å². The van der Waals surface area contributed by atoms with Gasteiger partial charge in [-0.05, 0) is 69.8 Å². The molecule has 6 nitrogen and oxygen atoms in total. The summed E-state index contributed by atoms with van der Waals surface area (Å²) in [6.07, 6.45) is 1.86. The Kier molecular flexibility index (Phi) is 9.39. The third-order valence-corrected chi connectivity index (χ3v) is 8.72. The first-order valence-corrected chi connectivity index (χ1v) is 15.1. The van der Waals surface area contributed by atoms with Gasteiger partial charge in [-0.25, -0.2) is 43.9 Å². The van der Waals surface area contributed by atoms with E-state index >= 15 is 26.3 Å². The maximum atomic E-state index is 15.6. The minimum absolute atomic E-state index is 0.320. The van der Waals surface area contributed by atoms with Crippen molar-refractivity contribution in [3.8, 4) is 36.4 Å². The Bertz CT molecular complexity index is 2720. The lowest BCUT2D eigenvalue weighted by molar-refractivity contribution is 0.447. The van der Waals surface area contributed by atoms with Gasteiger partial charge in [0.15, 0.2) is 46.5 Å². The predicted octanol–water partition coefficient (Wildman–Crippen LogP) is 9.31. The van der Waals surface area contributed by atoms with E-state index in [9.17, 15) is 38.6 Å². The highest BCUT2D eigenvalue weighted by molar-refractivity contribution is 6.12. The summed E-state index contributed by atoms with van der Waals surface area (Å²) in [7, 11) is 0. The van der Waals surface area contributed by atoms with Crippen LogP contribution in [0.4, 0.5) is 43.9 Å². The van der Waals surface area contributed by atoms with Crippen LogP contribution < -0.4 is 0 Å². The van der Waals surface area contributed by atoms with Crippen molar-refractivity contribution in [2.75, 3.05) is 0 Å². The Morgan fingerprint density at radius 1 is 0.411 bits per heavy atom. The van der Waals surface area contributed by atoms with Crippen LogP contribution in [0.1, 0.15) is 44.5 Å². The zero-order chi connectivity index (χ0) is 40.9. The van der Waals surface area contributed by atoms with Crippen LogP contribution >= 0.6 is 0 Å². The van der Waals surface area contributed by atoms with Crippen LogP contribution in [0.3, 0.4) is 0 Å². The summed E-state index contributed by atoms with van der Waals surface area (Å²) in [6.45, 7) is 0. The molecule has 0 unspecified atom stereocenters. The van der Waals surface area contributed by atoms with Gasteiger partial charge in [-0.1, -0.05) is 12.1 Å². The summed E-state index contributed by atoms with van der Waals surface area (Å²) in [5.74, 6) is -20.3. The van der Waals surface area contributed by atoms with Gasteiger partial charge >= 0.3 is 0 Å². The second kappa shape index (κ2) is 14.0. The van der Waals surface area contributed by atoms with Crippen molar-refractivity contribution in [2.45, 2.75) is 0 Å². The minimum atomic E-state index is -2.25. The molecule has 0 amide bonds. The van der Waals surface area contributed by atoms with Crippen LogP contribution in [0.2, 0.25) is 0 Å². The first-order chi connectivity index (χ1) is 26.7. The SMILES string of the molecule is N#C/C(=C1\C(c2ccc(C#N)c(F)c2)=CC2=C1C=C(c1ccc(C#N)c(F)c1)/C2=C(\C#N)c1c(F)c(F)c(C#N)c(F)c1F)c1c(F)c(F)c(C#N)c(F)c1F. The molecule has 0 atom stereocenters. The number of benzene rings is 4. The largest absolute Gasteiger partial charge is 0.206 e. The van der Waals surface area contributed by atoms with Gasteiger partial charge < -0.3 is 0 Å². The summed E-state index contributed by atoms with van der Waals surface area (Å²) >= 11 is 0. The van der Waals surface area contributed by atoms with Crippen molar-refractivity contribution in [1.82, 2.24) is 0 Å². The Labute approximate surface area is 307 Å². The fourth-order valence-corrected chi connectivity index (χ4v) is 6.21. The summed E-state index contributed by atoms with van der Waals surface area (Å²) in [5.41, 5.74) is -14.3. The van der Waals surface area contributed by atoms with Crippen molar-refractivity contribution in [3.05, 3.63) is 174 Å². The fourth-order valence-electron chi connectivity index (χ4n) is 6.21. The van der Waals surface area contributed by atoms with Crippen LogP contribution in [-0.4, -0.2) is 0 Å². The van der Waals surface area contributed by atoms with E-state index in [1.54, 1.807) is 12.1 Å². The summed E-state index contributed by atoms with van der Waals surface area (Å²) < 4.78 is 152. The molecule has 16 heteroatoms. The molecular weight excluding hydrogens is 754 g/mol.